The van der Waals surface area contributed by atoms with Crippen LogP contribution >= 0.6 is 31.9 Å². The number of rotatable bonds is 4. The van der Waals surface area contributed by atoms with Crippen LogP contribution in [0.15, 0.2) is 56.3 Å². The molecule has 0 aromatic heterocycles. The van der Waals surface area contributed by atoms with Crippen LogP contribution in [0.1, 0.15) is 26.2 Å². The van der Waals surface area contributed by atoms with E-state index in [-0.39, 0.29) is 6.04 Å². The van der Waals surface area contributed by atoms with Crippen LogP contribution in [0.3, 0.4) is 0 Å². The topological polar surface area (TPSA) is 49.4 Å². The zero-order valence-corrected chi connectivity index (χ0v) is 17.9. The van der Waals surface area contributed by atoms with Crippen molar-refractivity contribution in [2.75, 3.05) is 11.4 Å². The fraction of sp³-hybridized carbons (Fsp3) is 0.333. The molecule has 0 fully saturated rings. The third-order valence-corrected chi connectivity index (χ3v) is 7.67. The van der Waals surface area contributed by atoms with Crippen LogP contribution in [0.25, 0.3) is 0 Å². The van der Waals surface area contributed by atoms with E-state index < -0.39 is 10.0 Å². The maximum atomic E-state index is 12.9. The Labute approximate surface area is 165 Å². The second-order valence-electron chi connectivity index (χ2n) is 6.14. The minimum Gasteiger partial charge on any atom is -0.339 e. The predicted octanol–water partition coefficient (Wildman–Crippen LogP) is 5.20. The first kappa shape index (κ1) is 18.9. The molecule has 1 atom stereocenters. The van der Waals surface area contributed by atoms with Crippen molar-refractivity contribution in [2.45, 2.75) is 37.1 Å². The molecule has 4 nitrogen and oxygen atoms in total. The van der Waals surface area contributed by atoms with E-state index in [1.165, 1.54) is 0 Å². The molecule has 0 spiro atoms. The molecule has 0 aliphatic carbocycles. The van der Waals surface area contributed by atoms with Crippen molar-refractivity contribution in [3.63, 3.8) is 0 Å². The minimum atomic E-state index is -3.58. The molecule has 0 saturated heterocycles. The molecule has 1 unspecified atom stereocenters. The maximum Gasteiger partial charge on any atom is 0.242 e. The van der Waals surface area contributed by atoms with Gasteiger partial charge in [-0.25, -0.2) is 13.1 Å². The van der Waals surface area contributed by atoms with Gasteiger partial charge in [-0.1, -0.05) is 38.0 Å². The van der Waals surface area contributed by atoms with Gasteiger partial charge in [-0.3, -0.25) is 0 Å². The number of hydrogen-bond donors (Lipinski definition) is 1. The third kappa shape index (κ3) is 4.10. The van der Waals surface area contributed by atoms with Crippen LogP contribution < -0.4 is 9.62 Å². The van der Waals surface area contributed by atoms with Crippen LogP contribution in [0.4, 0.5) is 11.4 Å². The van der Waals surface area contributed by atoms with Crippen molar-refractivity contribution in [1.82, 2.24) is 4.72 Å². The first-order valence-corrected chi connectivity index (χ1v) is 11.3. The van der Waals surface area contributed by atoms with E-state index in [4.69, 9.17) is 0 Å². The Balaban J connectivity index is 2.16. The van der Waals surface area contributed by atoms with E-state index >= 15 is 0 Å². The third-order valence-electron chi connectivity index (χ3n) is 4.28. The molecule has 1 heterocycles. The number of halogens is 2. The number of anilines is 2. The summed E-state index contributed by atoms with van der Waals surface area (Å²) in [5, 5.41) is 0. The van der Waals surface area contributed by atoms with Crippen LogP contribution in [-0.2, 0) is 10.0 Å². The summed E-state index contributed by atoms with van der Waals surface area (Å²) in [6, 6.07) is 13.3. The Bertz CT molecular complexity index is 857. The molecular formula is C18H20Br2N2O2S. The number of unbranched alkanes of at least 4 members (excludes halogenated alkanes) is 1. The van der Waals surface area contributed by atoms with E-state index in [0.717, 1.165) is 33.9 Å². The molecule has 1 N–H and O–H groups in total. The smallest absolute Gasteiger partial charge is 0.242 e. The van der Waals surface area contributed by atoms with E-state index in [1.54, 1.807) is 6.07 Å². The molecule has 3 rings (SSSR count). The number of nitrogens with zero attached hydrogens (tertiary/aromatic N) is 1. The molecule has 2 aromatic carbocycles. The number of sulfonamides is 1. The summed E-state index contributed by atoms with van der Waals surface area (Å²) >= 11 is 6.93. The van der Waals surface area contributed by atoms with Gasteiger partial charge in [0.05, 0.1) is 5.69 Å². The number of fused-ring (bicyclic) bond motifs is 1. The summed E-state index contributed by atoms with van der Waals surface area (Å²) in [5.74, 6) is 0. The summed E-state index contributed by atoms with van der Waals surface area (Å²) in [5.41, 5.74) is 1.67. The highest BCUT2D eigenvalue weighted by Gasteiger charge is 2.32. The fourth-order valence-corrected chi connectivity index (χ4v) is 5.34. The quantitative estimate of drug-likeness (QED) is 0.644. The average molecular weight is 488 g/mol. The second kappa shape index (κ2) is 7.78. The van der Waals surface area contributed by atoms with Crippen molar-refractivity contribution < 1.29 is 8.42 Å². The second-order valence-corrected chi connectivity index (χ2v) is 9.53. The Morgan fingerprint density at radius 3 is 2.52 bits per heavy atom. The zero-order chi connectivity index (χ0) is 18.0. The lowest BCUT2D eigenvalue weighted by Gasteiger charge is -2.27. The summed E-state index contributed by atoms with van der Waals surface area (Å²) in [4.78, 5) is 2.38. The molecule has 25 heavy (non-hydrogen) atoms. The summed E-state index contributed by atoms with van der Waals surface area (Å²) in [6.45, 7) is 2.72. The SMILES string of the molecule is CCCCC1CN(c2ccccc2)c2cc(Br)c(Br)cc2S(=O)(=O)N1. The highest BCUT2D eigenvalue weighted by molar-refractivity contribution is 9.13. The zero-order valence-electron chi connectivity index (χ0n) is 13.9. The van der Waals surface area contributed by atoms with Crippen molar-refractivity contribution in [3.8, 4) is 0 Å². The number of para-hydroxylation sites is 1. The lowest BCUT2D eigenvalue weighted by Crippen LogP contribution is -2.39. The average Bonchev–Trinajstić information content (AvgIpc) is 2.69. The molecule has 0 radical (unpaired) electrons. The van der Waals surface area contributed by atoms with Crippen LogP contribution in [0.5, 0.6) is 0 Å². The number of hydrogen-bond acceptors (Lipinski definition) is 3. The molecular weight excluding hydrogens is 468 g/mol. The predicted molar refractivity (Wildman–Crippen MR) is 109 cm³/mol. The first-order chi connectivity index (χ1) is 11.9. The van der Waals surface area contributed by atoms with Crippen LogP contribution in [0, 0.1) is 0 Å². The minimum absolute atomic E-state index is 0.130. The van der Waals surface area contributed by atoms with Gasteiger partial charge in [-0.15, -0.1) is 0 Å². The molecule has 2 aromatic rings. The Morgan fingerprint density at radius 1 is 1.16 bits per heavy atom. The highest BCUT2D eigenvalue weighted by Crippen LogP contribution is 2.39. The summed E-state index contributed by atoms with van der Waals surface area (Å²) in [7, 11) is -3.58. The molecule has 1 aliphatic rings. The van der Waals surface area contributed by atoms with E-state index in [0.29, 0.717) is 17.1 Å². The summed E-state index contributed by atoms with van der Waals surface area (Å²) < 4.78 is 30.3. The van der Waals surface area contributed by atoms with Crippen molar-refractivity contribution in [1.29, 1.82) is 0 Å². The highest BCUT2D eigenvalue weighted by atomic mass is 79.9. The maximum absolute atomic E-state index is 12.9. The van der Waals surface area contributed by atoms with Gasteiger partial charge in [0.25, 0.3) is 0 Å². The monoisotopic (exact) mass is 486 g/mol. The Kier molecular flexibility index (Phi) is 5.88. The van der Waals surface area contributed by atoms with E-state index in [1.807, 2.05) is 36.4 Å². The Hall–Kier alpha value is -0.890. The largest absolute Gasteiger partial charge is 0.339 e. The van der Waals surface area contributed by atoms with Crippen LogP contribution in [-0.4, -0.2) is 21.0 Å². The van der Waals surface area contributed by atoms with Crippen molar-refractivity contribution in [2.24, 2.45) is 0 Å². The normalized spacial score (nSPS) is 19.3. The van der Waals surface area contributed by atoms with Gasteiger partial charge in [0, 0.05) is 27.2 Å². The van der Waals surface area contributed by atoms with E-state index in [2.05, 4.69) is 48.4 Å². The van der Waals surface area contributed by atoms with Crippen LogP contribution in [0.2, 0.25) is 0 Å². The van der Waals surface area contributed by atoms with Gasteiger partial charge in [0.1, 0.15) is 4.90 Å². The number of benzene rings is 2. The number of nitrogens with one attached hydrogen (secondary N) is 1. The molecule has 1 aliphatic heterocycles. The molecule has 0 saturated carbocycles. The molecule has 7 heteroatoms. The lowest BCUT2D eigenvalue weighted by molar-refractivity contribution is 0.520. The van der Waals surface area contributed by atoms with Gasteiger partial charge in [-0.2, -0.15) is 0 Å². The Morgan fingerprint density at radius 2 is 1.84 bits per heavy atom. The van der Waals surface area contributed by atoms with Gasteiger partial charge in [0.15, 0.2) is 0 Å². The van der Waals surface area contributed by atoms with Gasteiger partial charge in [0.2, 0.25) is 10.0 Å². The fourth-order valence-electron chi connectivity index (χ4n) is 3.04. The van der Waals surface area contributed by atoms with Gasteiger partial charge in [-0.05, 0) is 62.5 Å². The van der Waals surface area contributed by atoms with Crippen molar-refractivity contribution >= 4 is 53.3 Å². The summed E-state index contributed by atoms with van der Waals surface area (Å²) in [6.07, 6.45) is 2.84. The molecule has 0 amide bonds. The van der Waals surface area contributed by atoms with Gasteiger partial charge >= 0.3 is 0 Å². The first-order valence-electron chi connectivity index (χ1n) is 8.26. The lowest BCUT2D eigenvalue weighted by atomic mass is 10.1. The van der Waals surface area contributed by atoms with E-state index in [9.17, 15) is 8.42 Å². The molecule has 134 valence electrons. The molecule has 0 bridgehead atoms. The van der Waals surface area contributed by atoms with Crippen molar-refractivity contribution in [3.05, 3.63) is 51.4 Å². The van der Waals surface area contributed by atoms with Gasteiger partial charge < -0.3 is 4.90 Å². The standard InChI is InChI=1S/C18H20Br2N2O2S/c1-2-3-7-13-12-22(14-8-5-4-6-9-14)17-10-15(19)16(20)11-18(17)25(23,24)21-13/h4-6,8-11,13,21H,2-3,7,12H2,1H3.